The Morgan fingerprint density at radius 1 is 1.13 bits per heavy atom. The standard InChI is InChI=1S/C27H29N2O/c1-15(2)13-20-14-24(29(8)19(6)17(20)4)25-16(3)9-10-22-21-11-12-23(28-7)18(5)26(21)30-27(22)25/h9-12,14-15H,13H2,1-6,8H3/q+1/i4D3,13D2,14D. The van der Waals surface area contributed by atoms with Crippen molar-refractivity contribution in [3.05, 3.63) is 69.7 Å². The topological polar surface area (TPSA) is 21.4 Å². The Kier molecular flexibility index (Phi) is 3.40. The highest BCUT2D eigenvalue weighted by molar-refractivity contribution is 6.11. The van der Waals surface area contributed by atoms with Gasteiger partial charge in [0.15, 0.2) is 11.4 Å². The Balaban J connectivity index is 2.23. The lowest BCUT2D eigenvalue weighted by Gasteiger charge is -2.14. The van der Waals surface area contributed by atoms with Gasteiger partial charge in [-0.2, -0.15) is 4.57 Å². The number of rotatable bonds is 3. The SMILES string of the molecule is [2H]c1c(C([2H])([2H])C(C)C)c(C([2H])([2H])[2H])c(C)[n+](C)c1-c1c(C)ccc2c1oc1c(C)c([N+]#[C-])ccc12. The summed E-state index contributed by atoms with van der Waals surface area (Å²) in [5.41, 5.74) is 4.30. The van der Waals surface area contributed by atoms with Crippen LogP contribution in [-0.4, -0.2) is 0 Å². The summed E-state index contributed by atoms with van der Waals surface area (Å²) in [5.74, 6) is -0.555. The van der Waals surface area contributed by atoms with Crippen molar-refractivity contribution in [3.8, 4) is 11.3 Å². The molecule has 4 rings (SSSR count). The summed E-state index contributed by atoms with van der Waals surface area (Å²) in [6.45, 7) is 13.6. The summed E-state index contributed by atoms with van der Waals surface area (Å²) in [7, 11) is 1.70. The Bertz CT molecular complexity index is 1590. The maximum Gasteiger partial charge on any atom is 0.216 e. The number of aromatic nitrogens is 1. The first-order valence-corrected chi connectivity index (χ1v) is 10.0. The quantitative estimate of drug-likeness (QED) is 0.265. The van der Waals surface area contributed by atoms with Crippen molar-refractivity contribution in [2.24, 2.45) is 13.0 Å². The number of furan rings is 1. The lowest BCUT2D eigenvalue weighted by Crippen LogP contribution is -2.36. The number of nitrogens with zero attached hydrogens (tertiary/aromatic N) is 2. The van der Waals surface area contributed by atoms with Crippen LogP contribution in [0.15, 0.2) is 34.7 Å². The van der Waals surface area contributed by atoms with E-state index in [0.717, 1.165) is 21.9 Å². The van der Waals surface area contributed by atoms with Gasteiger partial charge in [-0.15, -0.1) is 0 Å². The van der Waals surface area contributed by atoms with Crippen LogP contribution in [0.5, 0.6) is 0 Å². The molecule has 0 atom stereocenters. The molecule has 2 aromatic heterocycles. The van der Waals surface area contributed by atoms with E-state index in [9.17, 15) is 1.37 Å². The lowest BCUT2D eigenvalue weighted by atomic mass is 9.93. The predicted molar refractivity (Wildman–Crippen MR) is 124 cm³/mol. The van der Waals surface area contributed by atoms with Crippen LogP contribution in [0.2, 0.25) is 0 Å². The molecule has 0 spiro atoms. The molecule has 2 heterocycles. The fraction of sp³-hybridized carbons (Fsp3) is 0.333. The fourth-order valence-corrected chi connectivity index (χ4v) is 3.95. The Morgan fingerprint density at radius 3 is 2.50 bits per heavy atom. The molecule has 0 unspecified atom stereocenters. The van der Waals surface area contributed by atoms with E-state index in [-0.39, 0.29) is 17.2 Å². The van der Waals surface area contributed by atoms with E-state index in [2.05, 4.69) is 4.85 Å². The average Bonchev–Trinajstić information content (AvgIpc) is 3.16. The first-order chi connectivity index (χ1) is 16.6. The van der Waals surface area contributed by atoms with Gasteiger partial charge in [0.25, 0.3) is 0 Å². The third kappa shape index (κ3) is 2.99. The fourth-order valence-electron chi connectivity index (χ4n) is 3.95. The van der Waals surface area contributed by atoms with Crippen LogP contribution in [0.4, 0.5) is 5.69 Å². The van der Waals surface area contributed by atoms with Crippen LogP contribution in [0.1, 0.15) is 50.0 Å². The van der Waals surface area contributed by atoms with Gasteiger partial charge >= 0.3 is 0 Å². The number of aryl methyl sites for hydroxylation is 2. The summed E-state index contributed by atoms with van der Waals surface area (Å²) < 4.78 is 59.4. The van der Waals surface area contributed by atoms with Crippen molar-refractivity contribution in [2.45, 2.75) is 47.8 Å². The maximum absolute atomic E-state index is 9.21. The molecule has 0 radical (unpaired) electrons. The van der Waals surface area contributed by atoms with E-state index in [1.54, 1.807) is 38.5 Å². The van der Waals surface area contributed by atoms with Gasteiger partial charge in [0.05, 0.1) is 13.5 Å². The summed E-state index contributed by atoms with van der Waals surface area (Å²) in [4.78, 5) is 3.58. The number of fused-ring (bicyclic) bond motifs is 3. The summed E-state index contributed by atoms with van der Waals surface area (Å²) in [6, 6.07) is 7.32. The Hall–Kier alpha value is -3.12. The molecule has 0 N–H and O–H groups in total. The molecule has 0 amide bonds. The molecule has 0 aliphatic carbocycles. The number of pyridine rings is 1. The number of benzene rings is 2. The highest BCUT2D eigenvalue weighted by Gasteiger charge is 2.25. The molecule has 0 aliphatic heterocycles. The van der Waals surface area contributed by atoms with Crippen LogP contribution in [-0.2, 0) is 13.4 Å². The van der Waals surface area contributed by atoms with Crippen molar-refractivity contribution in [2.75, 3.05) is 0 Å². The third-order valence-electron chi connectivity index (χ3n) is 5.72. The van der Waals surface area contributed by atoms with Crippen LogP contribution in [0.25, 0.3) is 38.0 Å². The van der Waals surface area contributed by atoms with Crippen LogP contribution in [0, 0.1) is 40.1 Å². The molecule has 152 valence electrons. The molecule has 0 saturated heterocycles. The lowest BCUT2D eigenvalue weighted by molar-refractivity contribution is -0.667. The minimum atomic E-state index is -2.60. The van der Waals surface area contributed by atoms with Gasteiger partial charge in [-0.1, -0.05) is 38.1 Å². The van der Waals surface area contributed by atoms with Gasteiger partial charge in [-0.3, -0.25) is 0 Å². The molecule has 3 nitrogen and oxygen atoms in total. The van der Waals surface area contributed by atoms with Crippen molar-refractivity contribution < 1.29 is 17.2 Å². The third-order valence-corrected chi connectivity index (χ3v) is 5.72. The molecule has 3 heteroatoms. The Labute approximate surface area is 187 Å². The zero-order valence-electron chi connectivity index (χ0n) is 24.2. The molecular formula is C27H29N2O+. The van der Waals surface area contributed by atoms with Crippen LogP contribution >= 0.6 is 0 Å². The van der Waals surface area contributed by atoms with Crippen molar-refractivity contribution in [3.63, 3.8) is 0 Å². The first-order valence-electron chi connectivity index (χ1n) is 13.0. The maximum atomic E-state index is 9.21. The van der Waals surface area contributed by atoms with Crippen LogP contribution < -0.4 is 4.57 Å². The highest BCUT2D eigenvalue weighted by Crippen LogP contribution is 2.40. The molecule has 4 aromatic rings. The molecule has 0 saturated carbocycles. The van der Waals surface area contributed by atoms with E-state index in [4.69, 9.17) is 17.8 Å². The summed E-state index contributed by atoms with van der Waals surface area (Å²) in [6.07, 6.45) is -2.05. The zero-order chi connectivity index (χ0) is 26.9. The van der Waals surface area contributed by atoms with Crippen molar-refractivity contribution in [1.82, 2.24) is 0 Å². The summed E-state index contributed by atoms with van der Waals surface area (Å²) >= 11 is 0. The second kappa shape index (κ2) is 7.29. The molecule has 0 fully saturated rings. The smallest absolute Gasteiger partial charge is 0.216 e. The predicted octanol–water partition coefficient (Wildman–Crippen LogP) is 7.06. The second-order valence-corrected chi connectivity index (χ2v) is 8.10. The molecule has 0 bridgehead atoms. The van der Waals surface area contributed by atoms with Crippen LogP contribution in [0.3, 0.4) is 0 Å². The average molecular weight is 404 g/mol. The monoisotopic (exact) mass is 403 g/mol. The largest absolute Gasteiger partial charge is 0.456 e. The summed E-state index contributed by atoms with van der Waals surface area (Å²) in [5, 5.41) is 1.66. The normalized spacial score (nSPS) is 15.4. The molecular weight excluding hydrogens is 368 g/mol. The van der Waals surface area contributed by atoms with E-state index in [1.165, 1.54) is 0 Å². The van der Waals surface area contributed by atoms with E-state index < -0.39 is 19.1 Å². The van der Waals surface area contributed by atoms with Gasteiger partial charge in [-0.25, -0.2) is 4.85 Å². The minimum Gasteiger partial charge on any atom is -0.456 e. The Morgan fingerprint density at radius 2 is 1.83 bits per heavy atom. The van der Waals surface area contributed by atoms with Gasteiger partial charge in [0.2, 0.25) is 5.69 Å². The molecule has 0 aliphatic rings. The van der Waals surface area contributed by atoms with Crippen molar-refractivity contribution in [1.29, 1.82) is 0 Å². The minimum absolute atomic E-state index is 0.109. The first kappa shape index (κ1) is 14.0. The van der Waals surface area contributed by atoms with Crippen molar-refractivity contribution >= 4 is 27.6 Å². The van der Waals surface area contributed by atoms with Gasteiger partial charge in [0, 0.05) is 36.2 Å². The molecule has 30 heavy (non-hydrogen) atoms. The van der Waals surface area contributed by atoms with E-state index >= 15 is 0 Å². The number of hydrogen-bond donors (Lipinski definition) is 0. The second-order valence-electron chi connectivity index (χ2n) is 8.10. The van der Waals surface area contributed by atoms with Gasteiger partial charge < -0.3 is 4.42 Å². The molecule has 2 aromatic carbocycles. The van der Waals surface area contributed by atoms with Gasteiger partial charge in [-0.05, 0) is 49.7 Å². The highest BCUT2D eigenvalue weighted by atomic mass is 16.3. The number of hydrogen-bond acceptors (Lipinski definition) is 1. The van der Waals surface area contributed by atoms with E-state index in [0.29, 0.717) is 33.8 Å². The van der Waals surface area contributed by atoms with Gasteiger partial charge in [0.1, 0.15) is 18.2 Å². The van der Waals surface area contributed by atoms with E-state index in [1.807, 2.05) is 32.0 Å². The zero-order valence-corrected chi connectivity index (χ0v) is 18.2.